The minimum atomic E-state index is -3.36. The van der Waals surface area contributed by atoms with Crippen molar-refractivity contribution in [2.24, 2.45) is 0 Å². The van der Waals surface area contributed by atoms with E-state index >= 15 is 0 Å². The monoisotopic (exact) mass is 307 g/mol. The zero-order chi connectivity index (χ0) is 14.7. The first-order valence-electron chi connectivity index (χ1n) is 5.45. The maximum Gasteiger partial charge on any atom is 0.231 e. The van der Waals surface area contributed by atoms with Crippen LogP contribution in [0.25, 0.3) is 0 Å². The average molecular weight is 307 g/mol. The predicted molar refractivity (Wildman–Crippen MR) is 73.6 cm³/mol. The van der Waals surface area contributed by atoms with Crippen molar-refractivity contribution < 1.29 is 18.3 Å². The van der Waals surface area contributed by atoms with Crippen LogP contribution in [0.2, 0.25) is 0 Å². The third-order valence-corrected chi connectivity index (χ3v) is 3.54. The Hall–Kier alpha value is -1.19. The van der Waals surface area contributed by atoms with Gasteiger partial charge in [0, 0.05) is 5.38 Å². The molecule has 0 aliphatic rings. The Kier molecular flexibility index (Phi) is 4.88. The lowest BCUT2D eigenvalue weighted by Gasteiger charge is -2.23. The fraction of sp³-hybridized carbons (Fsp3) is 0.600. The molecule has 0 fully saturated rings. The van der Waals surface area contributed by atoms with E-state index in [1.165, 1.54) is 0 Å². The van der Waals surface area contributed by atoms with Gasteiger partial charge in [0.1, 0.15) is 0 Å². The molecule has 1 aromatic rings. The third-order valence-electron chi connectivity index (χ3n) is 2.04. The summed E-state index contributed by atoms with van der Waals surface area (Å²) in [4.78, 5) is 15.7. The van der Waals surface area contributed by atoms with Crippen LogP contribution in [0.5, 0.6) is 0 Å². The van der Waals surface area contributed by atoms with Crippen LogP contribution >= 0.6 is 11.3 Å². The molecule has 3 N–H and O–H groups in total. The topological polar surface area (TPSA) is 108 Å². The van der Waals surface area contributed by atoms with E-state index in [0.29, 0.717) is 5.69 Å². The zero-order valence-electron chi connectivity index (χ0n) is 10.9. The number of aliphatic hydroxyl groups is 1. The van der Waals surface area contributed by atoms with E-state index < -0.39 is 15.6 Å². The first-order chi connectivity index (χ1) is 8.61. The van der Waals surface area contributed by atoms with Crippen LogP contribution < -0.4 is 10.0 Å². The van der Waals surface area contributed by atoms with Gasteiger partial charge in [-0.05, 0) is 13.8 Å². The molecule has 0 aliphatic heterocycles. The second-order valence-electron chi connectivity index (χ2n) is 4.79. The summed E-state index contributed by atoms with van der Waals surface area (Å²) in [6.07, 6.45) is 1.07. The summed E-state index contributed by atoms with van der Waals surface area (Å²) in [5.74, 6) is -0.282. The molecule has 7 nitrogen and oxygen atoms in total. The van der Waals surface area contributed by atoms with Crippen molar-refractivity contribution >= 4 is 32.4 Å². The molecule has 1 aromatic heterocycles. The summed E-state index contributed by atoms with van der Waals surface area (Å²) in [5.41, 5.74) is -0.219. The van der Waals surface area contributed by atoms with Crippen molar-refractivity contribution in [2.45, 2.75) is 25.8 Å². The molecular formula is C10H17N3O4S2. The van der Waals surface area contributed by atoms with Crippen molar-refractivity contribution in [3.8, 4) is 0 Å². The predicted octanol–water partition coefficient (Wildman–Crippen LogP) is -0.0558. The Bertz CT molecular complexity index is 551. The SMILES string of the molecule is CC(C)(CO)NC(=O)Cc1csc(NS(C)(=O)=O)n1. The molecule has 0 aromatic carbocycles. The van der Waals surface area contributed by atoms with Crippen molar-refractivity contribution in [3.05, 3.63) is 11.1 Å². The Morgan fingerprint density at radius 2 is 2.16 bits per heavy atom. The number of amides is 1. The number of hydrogen-bond acceptors (Lipinski definition) is 6. The van der Waals surface area contributed by atoms with Gasteiger partial charge in [0.2, 0.25) is 15.9 Å². The van der Waals surface area contributed by atoms with Gasteiger partial charge < -0.3 is 10.4 Å². The Labute approximate surface area is 116 Å². The highest BCUT2D eigenvalue weighted by atomic mass is 32.2. The first kappa shape index (κ1) is 15.9. The number of aromatic nitrogens is 1. The second-order valence-corrected chi connectivity index (χ2v) is 7.39. The van der Waals surface area contributed by atoms with Gasteiger partial charge in [0.05, 0.1) is 30.5 Å². The smallest absolute Gasteiger partial charge is 0.231 e. The highest BCUT2D eigenvalue weighted by molar-refractivity contribution is 7.92. The minimum absolute atomic E-state index is 0.0331. The fourth-order valence-corrected chi connectivity index (χ4v) is 2.78. The molecule has 0 unspecified atom stereocenters. The minimum Gasteiger partial charge on any atom is -0.394 e. The van der Waals surface area contributed by atoms with Gasteiger partial charge in [0.15, 0.2) is 5.13 Å². The Morgan fingerprint density at radius 3 is 2.68 bits per heavy atom. The van der Waals surface area contributed by atoms with Gasteiger partial charge >= 0.3 is 0 Å². The number of nitrogens with zero attached hydrogens (tertiary/aromatic N) is 1. The van der Waals surface area contributed by atoms with E-state index in [2.05, 4.69) is 15.0 Å². The van der Waals surface area contributed by atoms with Crippen LogP contribution in [0.3, 0.4) is 0 Å². The molecule has 0 radical (unpaired) electrons. The summed E-state index contributed by atoms with van der Waals surface area (Å²) in [7, 11) is -3.36. The zero-order valence-corrected chi connectivity index (χ0v) is 12.6. The lowest BCUT2D eigenvalue weighted by Crippen LogP contribution is -2.46. The molecule has 1 rings (SSSR count). The number of carbonyl (C=O) groups excluding carboxylic acids is 1. The van der Waals surface area contributed by atoms with Crippen molar-refractivity contribution in [1.29, 1.82) is 0 Å². The lowest BCUT2D eigenvalue weighted by molar-refractivity contribution is -0.122. The van der Waals surface area contributed by atoms with Crippen LogP contribution in [-0.2, 0) is 21.2 Å². The second kappa shape index (κ2) is 5.85. The van der Waals surface area contributed by atoms with Gasteiger partial charge in [0.25, 0.3) is 0 Å². The van der Waals surface area contributed by atoms with Gasteiger partial charge in [-0.15, -0.1) is 11.3 Å². The van der Waals surface area contributed by atoms with Gasteiger partial charge in [-0.1, -0.05) is 0 Å². The van der Waals surface area contributed by atoms with Crippen LogP contribution in [0.15, 0.2) is 5.38 Å². The van der Waals surface area contributed by atoms with Gasteiger partial charge in [-0.25, -0.2) is 13.4 Å². The van der Waals surface area contributed by atoms with Crippen LogP contribution in [0.1, 0.15) is 19.5 Å². The van der Waals surface area contributed by atoms with E-state index in [0.717, 1.165) is 17.6 Å². The number of nitrogens with one attached hydrogen (secondary N) is 2. The third kappa shape index (κ3) is 5.99. The summed E-state index contributed by atoms with van der Waals surface area (Å²) in [5, 5.41) is 13.5. The van der Waals surface area contributed by atoms with Crippen LogP contribution in [0.4, 0.5) is 5.13 Å². The van der Waals surface area contributed by atoms with Gasteiger partial charge in [-0.2, -0.15) is 0 Å². The van der Waals surface area contributed by atoms with Crippen molar-refractivity contribution in [1.82, 2.24) is 10.3 Å². The van der Waals surface area contributed by atoms with E-state index in [-0.39, 0.29) is 24.1 Å². The highest BCUT2D eigenvalue weighted by Gasteiger charge is 2.19. The maximum atomic E-state index is 11.7. The van der Waals surface area contributed by atoms with Crippen molar-refractivity contribution in [3.63, 3.8) is 0 Å². The molecule has 0 saturated heterocycles. The molecule has 0 saturated carbocycles. The molecule has 0 spiro atoms. The standard InChI is InChI=1S/C10H17N3O4S2/c1-10(2,6-14)12-8(15)4-7-5-18-9(11-7)13-19(3,16)17/h5,14H,4,6H2,1-3H3,(H,11,13)(H,12,15). The normalized spacial score (nSPS) is 12.2. The van der Waals surface area contributed by atoms with E-state index in [1.54, 1.807) is 19.2 Å². The Morgan fingerprint density at radius 1 is 1.53 bits per heavy atom. The molecule has 19 heavy (non-hydrogen) atoms. The largest absolute Gasteiger partial charge is 0.394 e. The van der Waals surface area contributed by atoms with E-state index in [1.807, 2.05) is 0 Å². The fourth-order valence-electron chi connectivity index (χ4n) is 1.22. The summed E-state index contributed by atoms with van der Waals surface area (Å²) >= 11 is 1.11. The van der Waals surface area contributed by atoms with E-state index in [9.17, 15) is 13.2 Å². The van der Waals surface area contributed by atoms with Gasteiger partial charge in [-0.3, -0.25) is 9.52 Å². The van der Waals surface area contributed by atoms with Crippen molar-refractivity contribution in [2.75, 3.05) is 17.6 Å². The maximum absolute atomic E-state index is 11.7. The summed E-state index contributed by atoms with van der Waals surface area (Å²) < 4.78 is 24.3. The molecular weight excluding hydrogens is 290 g/mol. The first-order valence-corrected chi connectivity index (χ1v) is 8.22. The molecule has 1 amide bonds. The van der Waals surface area contributed by atoms with E-state index in [4.69, 9.17) is 5.11 Å². The number of aliphatic hydroxyl groups excluding tert-OH is 1. The lowest BCUT2D eigenvalue weighted by atomic mass is 10.1. The quantitative estimate of drug-likeness (QED) is 0.682. The highest BCUT2D eigenvalue weighted by Crippen LogP contribution is 2.17. The summed E-state index contributed by atoms with van der Waals surface area (Å²) in [6, 6.07) is 0. The van der Waals surface area contributed by atoms with Crippen LogP contribution in [0, 0.1) is 0 Å². The number of carbonyl (C=O) groups is 1. The summed E-state index contributed by atoms with van der Waals surface area (Å²) in [6.45, 7) is 3.22. The molecule has 0 atom stereocenters. The number of rotatable bonds is 6. The number of thiazole rings is 1. The number of anilines is 1. The molecule has 0 bridgehead atoms. The molecule has 108 valence electrons. The Balaban J connectivity index is 2.61. The molecule has 1 heterocycles. The van der Waals surface area contributed by atoms with Crippen LogP contribution in [-0.4, -0.2) is 42.8 Å². The number of sulfonamides is 1. The number of hydrogen-bond donors (Lipinski definition) is 3. The molecule has 9 heteroatoms. The average Bonchev–Trinajstić information content (AvgIpc) is 2.61. The molecule has 0 aliphatic carbocycles.